The lowest BCUT2D eigenvalue weighted by atomic mass is 10.1. The SMILES string of the molecule is CCc1ccc(S(=O)(=O)c2ccc(S(=O)(=O)CCN)cc2)s1.Cl.NCc1ccc(S(=O)(=O)c2ccc(S(=O)(=O)CCCC(=O)c3ccccc3)cc2)s1. The molecule has 0 saturated carbocycles. The molecule has 0 unspecified atom stereocenters. The van der Waals surface area contributed by atoms with Crippen molar-refractivity contribution in [3.05, 3.63) is 118 Å². The van der Waals surface area contributed by atoms with Gasteiger partial charge in [0, 0.05) is 34.8 Å². The molecule has 0 spiro atoms. The van der Waals surface area contributed by atoms with Crippen LogP contribution in [0.3, 0.4) is 0 Å². The molecule has 18 heteroatoms. The number of carbonyl (C=O) groups excluding carboxylic acids is 1. The van der Waals surface area contributed by atoms with Crippen molar-refractivity contribution in [2.24, 2.45) is 11.5 Å². The molecule has 53 heavy (non-hydrogen) atoms. The van der Waals surface area contributed by atoms with Crippen LogP contribution >= 0.6 is 35.1 Å². The van der Waals surface area contributed by atoms with E-state index in [-0.39, 0.29) is 83.6 Å². The number of benzene rings is 3. The van der Waals surface area contributed by atoms with E-state index in [1.165, 1.54) is 65.9 Å². The molecular formula is C35H39ClN2O9S6. The van der Waals surface area contributed by atoms with Crippen molar-refractivity contribution in [2.75, 3.05) is 18.1 Å². The highest BCUT2D eigenvalue weighted by molar-refractivity contribution is 7.94. The molecule has 4 N–H and O–H groups in total. The summed E-state index contributed by atoms with van der Waals surface area (Å²) in [5.41, 5.74) is 11.4. The van der Waals surface area contributed by atoms with Gasteiger partial charge < -0.3 is 11.5 Å². The molecule has 3 aromatic carbocycles. The maximum absolute atomic E-state index is 12.7. The molecule has 2 aromatic heterocycles. The van der Waals surface area contributed by atoms with Gasteiger partial charge in [0.1, 0.15) is 8.42 Å². The zero-order valence-corrected chi connectivity index (χ0v) is 34.2. The molecule has 5 rings (SSSR count). The Bertz CT molecular complexity index is 2430. The highest BCUT2D eigenvalue weighted by Crippen LogP contribution is 2.30. The lowest BCUT2D eigenvalue weighted by Crippen LogP contribution is -2.15. The summed E-state index contributed by atoms with van der Waals surface area (Å²) in [7, 11) is -14.4. The molecule has 0 aliphatic rings. The number of rotatable bonds is 15. The molecule has 0 aliphatic carbocycles. The first-order chi connectivity index (χ1) is 24.5. The number of halogens is 1. The second-order valence-electron chi connectivity index (χ2n) is 11.3. The van der Waals surface area contributed by atoms with Crippen LogP contribution < -0.4 is 11.5 Å². The Morgan fingerprint density at radius 3 is 1.42 bits per heavy atom. The molecule has 286 valence electrons. The first-order valence-electron chi connectivity index (χ1n) is 15.9. The van der Waals surface area contributed by atoms with E-state index >= 15 is 0 Å². The molecule has 5 aromatic rings. The summed E-state index contributed by atoms with van der Waals surface area (Å²) in [4.78, 5) is 14.1. The fraction of sp³-hybridized carbons (Fsp3) is 0.229. The van der Waals surface area contributed by atoms with E-state index in [1.54, 1.807) is 48.5 Å². The van der Waals surface area contributed by atoms with Gasteiger partial charge in [0.15, 0.2) is 25.5 Å². The van der Waals surface area contributed by atoms with Gasteiger partial charge in [-0.25, -0.2) is 33.7 Å². The smallest absolute Gasteiger partial charge is 0.215 e. The first-order valence-corrected chi connectivity index (χ1v) is 23.8. The Morgan fingerprint density at radius 2 is 1.00 bits per heavy atom. The average Bonchev–Trinajstić information content (AvgIpc) is 3.84. The number of sulfone groups is 4. The highest BCUT2D eigenvalue weighted by atomic mass is 35.5. The summed E-state index contributed by atoms with van der Waals surface area (Å²) in [6.45, 7) is 2.24. The Morgan fingerprint density at radius 1 is 0.566 bits per heavy atom. The van der Waals surface area contributed by atoms with Crippen molar-refractivity contribution >= 4 is 80.2 Å². The van der Waals surface area contributed by atoms with Crippen LogP contribution in [-0.4, -0.2) is 57.5 Å². The van der Waals surface area contributed by atoms with Crippen LogP contribution in [0.2, 0.25) is 0 Å². The zero-order chi connectivity index (χ0) is 38.2. The minimum atomic E-state index is -3.73. The predicted octanol–water partition coefficient (Wildman–Crippen LogP) is 5.77. The van der Waals surface area contributed by atoms with Crippen molar-refractivity contribution in [2.45, 2.75) is 60.7 Å². The quantitative estimate of drug-likeness (QED) is 0.121. The second kappa shape index (κ2) is 18.9. The number of carbonyl (C=O) groups is 1. The van der Waals surface area contributed by atoms with Crippen LogP contribution in [0.4, 0.5) is 0 Å². The highest BCUT2D eigenvalue weighted by Gasteiger charge is 2.23. The van der Waals surface area contributed by atoms with E-state index in [1.807, 2.05) is 6.92 Å². The average molecular weight is 860 g/mol. The number of hydrogen-bond donors (Lipinski definition) is 2. The summed E-state index contributed by atoms with van der Waals surface area (Å²) < 4.78 is 99.6. The number of aryl methyl sites for hydroxylation is 1. The van der Waals surface area contributed by atoms with E-state index < -0.39 is 39.3 Å². The molecule has 0 aliphatic heterocycles. The van der Waals surface area contributed by atoms with E-state index in [0.717, 1.165) is 27.5 Å². The van der Waals surface area contributed by atoms with Crippen LogP contribution in [0.15, 0.2) is 131 Å². The van der Waals surface area contributed by atoms with Gasteiger partial charge in [0.2, 0.25) is 19.7 Å². The molecule has 2 heterocycles. The number of ketones is 1. The minimum absolute atomic E-state index is 0. The summed E-state index contributed by atoms with van der Waals surface area (Å²) in [5.74, 6) is -0.466. The predicted molar refractivity (Wildman–Crippen MR) is 210 cm³/mol. The lowest BCUT2D eigenvalue weighted by Gasteiger charge is -2.07. The zero-order valence-electron chi connectivity index (χ0n) is 28.5. The van der Waals surface area contributed by atoms with Gasteiger partial charge in [-0.1, -0.05) is 37.3 Å². The van der Waals surface area contributed by atoms with Crippen LogP contribution in [0.1, 0.15) is 39.9 Å². The third-order valence-corrected chi connectivity index (χ3v) is 18.1. The fourth-order valence-corrected chi connectivity index (χ4v) is 12.5. The van der Waals surface area contributed by atoms with Crippen molar-refractivity contribution < 1.29 is 38.5 Å². The summed E-state index contributed by atoms with van der Waals surface area (Å²) >= 11 is 2.32. The van der Waals surface area contributed by atoms with Gasteiger partial charge >= 0.3 is 0 Å². The fourth-order valence-electron chi connectivity index (χ4n) is 4.77. The van der Waals surface area contributed by atoms with E-state index in [4.69, 9.17) is 11.5 Å². The van der Waals surface area contributed by atoms with Gasteiger partial charge in [-0.15, -0.1) is 35.1 Å². The van der Waals surface area contributed by atoms with Crippen LogP contribution in [-0.2, 0) is 52.3 Å². The van der Waals surface area contributed by atoms with Crippen LogP contribution in [0, 0.1) is 0 Å². The number of hydrogen-bond acceptors (Lipinski definition) is 13. The summed E-state index contributed by atoms with van der Waals surface area (Å²) in [6, 6.07) is 25.7. The van der Waals surface area contributed by atoms with E-state index in [9.17, 15) is 38.5 Å². The molecule has 0 atom stereocenters. The van der Waals surface area contributed by atoms with Crippen molar-refractivity contribution in [3.63, 3.8) is 0 Å². The van der Waals surface area contributed by atoms with Crippen molar-refractivity contribution in [3.8, 4) is 0 Å². The number of nitrogens with two attached hydrogens (primary N) is 2. The van der Waals surface area contributed by atoms with Crippen LogP contribution in [0.25, 0.3) is 0 Å². The largest absolute Gasteiger partial charge is 0.329 e. The summed E-state index contributed by atoms with van der Waals surface area (Å²) in [6.07, 6.45) is 1.08. The number of thiophene rings is 2. The Labute approximate surface area is 325 Å². The Balaban J connectivity index is 0.000000293. The maximum atomic E-state index is 12.7. The second-order valence-corrected chi connectivity index (χ2v) is 22.2. The molecule has 0 radical (unpaired) electrons. The third kappa shape index (κ3) is 11.1. The molecular weight excluding hydrogens is 820 g/mol. The van der Waals surface area contributed by atoms with E-state index in [0.29, 0.717) is 5.56 Å². The molecule has 0 bridgehead atoms. The Hall–Kier alpha value is -3.26. The third-order valence-electron chi connectivity index (χ3n) is 7.64. The van der Waals surface area contributed by atoms with Gasteiger partial charge in [-0.05, 0) is 85.6 Å². The number of Topliss-reactive ketones (excluding diaryl/α,β-unsaturated/α-hetero) is 1. The Kier molecular flexibility index (Phi) is 15.7. The molecule has 0 amide bonds. The normalized spacial score (nSPS) is 12.0. The summed E-state index contributed by atoms with van der Waals surface area (Å²) in [5, 5.41) is 0. The monoisotopic (exact) mass is 858 g/mol. The van der Waals surface area contributed by atoms with Crippen molar-refractivity contribution in [1.82, 2.24) is 0 Å². The molecule has 11 nitrogen and oxygen atoms in total. The first kappa shape index (κ1) is 44.1. The topological polar surface area (TPSA) is 206 Å². The maximum Gasteiger partial charge on any atom is 0.215 e. The van der Waals surface area contributed by atoms with Crippen LogP contribution in [0.5, 0.6) is 0 Å². The molecule has 0 fully saturated rings. The standard InChI is InChI=1S/C21H21NO5S3.C14H17NO4S3.ClH/c22-15-17-8-13-21(28-17)30(26,27)19-11-9-18(10-12-19)29(24,25)14-4-7-20(23)16-5-2-1-3-6-16;1-2-11-3-8-14(20-11)22(18,19)13-6-4-12(5-7-13)21(16,17)10-9-15;/h1-3,5-6,8-13H,4,7,14-15,22H2;3-8H,2,9-10,15H2,1H3;1H. The van der Waals surface area contributed by atoms with Crippen molar-refractivity contribution in [1.29, 1.82) is 0 Å². The van der Waals surface area contributed by atoms with Gasteiger partial charge in [-0.2, -0.15) is 0 Å². The molecule has 0 saturated heterocycles. The van der Waals surface area contributed by atoms with Gasteiger partial charge in [0.25, 0.3) is 0 Å². The van der Waals surface area contributed by atoms with Gasteiger partial charge in [-0.3, -0.25) is 4.79 Å². The lowest BCUT2D eigenvalue weighted by molar-refractivity contribution is 0.0982. The minimum Gasteiger partial charge on any atom is -0.329 e. The van der Waals surface area contributed by atoms with E-state index in [2.05, 4.69) is 0 Å². The van der Waals surface area contributed by atoms with Gasteiger partial charge in [0.05, 0.1) is 31.1 Å².